The zero-order chi connectivity index (χ0) is 14.5. The lowest BCUT2D eigenvalue weighted by atomic mass is 9.93. The fraction of sp³-hybridized carbons (Fsp3) is 0.500. The maximum absolute atomic E-state index is 11.4. The Kier molecular flexibility index (Phi) is 4.80. The number of nitrogens with one attached hydrogen (secondary N) is 1. The maximum Gasteiger partial charge on any atom is 0.376 e. The van der Waals surface area contributed by atoms with E-state index in [1.807, 2.05) is 0 Å². The molecule has 0 radical (unpaired) electrons. The smallest absolute Gasteiger partial charge is 0.376 e. The van der Waals surface area contributed by atoms with Crippen molar-refractivity contribution in [3.05, 3.63) is 18.1 Å². The summed E-state index contributed by atoms with van der Waals surface area (Å²) in [6, 6.07) is 1.51. The Bertz CT molecular complexity index is 472. The van der Waals surface area contributed by atoms with Crippen LogP contribution in [0, 0.1) is 0 Å². The molecular weight excluding hydrogens is 250 g/mol. The Hall–Kier alpha value is -2.18. The molecule has 0 bridgehead atoms. The summed E-state index contributed by atoms with van der Waals surface area (Å²) in [6.45, 7) is 3.54. The fourth-order valence-corrected chi connectivity index (χ4v) is 1.65. The number of esters is 1. The molecule has 0 atom stereocenters. The highest BCUT2D eigenvalue weighted by Gasteiger charge is 2.35. The Morgan fingerprint density at radius 2 is 2.05 bits per heavy atom. The number of anilines is 1. The van der Waals surface area contributed by atoms with Crippen LogP contribution in [-0.4, -0.2) is 39.7 Å². The molecule has 0 amide bonds. The Balaban J connectivity index is 3.04. The average Bonchev–Trinajstić information content (AvgIpc) is 2.44. The minimum Gasteiger partial charge on any atom is -0.480 e. The minimum atomic E-state index is -1.11. The second kappa shape index (κ2) is 6.12. The van der Waals surface area contributed by atoms with Crippen molar-refractivity contribution in [3.8, 4) is 0 Å². The Labute approximate surface area is 111 Å². The van der Waals surface area contributed by atoms with Crippen LogP contribution in [0.1, 0.15) is 37.3 Å². The summed E-state index contributed by atoms with van der Waals surface area (Å²) in [5, 5.41) is 12.2. The standard InChI is InChI=1S/C12H17N3O4/c1-4-12(5-2,11(17)18)15-8-6-7-13-9(14-8)10(16)19-3/h6-7H,4-5H2,1-3H3,(H,17,18)(H,13,14,15). The number of hydrogen-bond acceptors (Lipinski definition) is 6. The van der Waals surface area contributed by atoms with Gasteiger partial charge in [-0.05, 0) is 18.9 Å². The van der Waals surface area contributed by atoms with E-state index in [4.69, 9.17) is 0 Å². The van der Waals surface area contributed by atoms with Crippen LogP contribution in [0.15, 0.2) is 12.3 Å². The predicted molar refractivity (Wildman–Crippen MR) is 67.9 cm³/mol. The number of ether oxygens (including phenoxy) is 1. The molecule has 0 aliphatic heterocycles. The number of nitrogens with zero attached hydrogens (tertiary/aromatic N) is 2. The number of aliphatic carboxylic acids is 1. The number of rotatable bonds is 6. The van der Waals surface area contributed by atoms with E-state index in [1.165, 1.54) is 19.4 Å². The Morgan fingerprint density at radius 3 is 2.53 bits per heavy atom. The first kappa shape index (κ1) is 14.9. The molecule has 0 fully saturated rings. The van der Waals surface area contributed by atoms with Gasteiger partial charge in [0.15, 0.2) is 0 Å². The van der Waals surface area contributed by atoms with E-state index in [2.05, 4.69) is 20.0 Å². The van der Waals surface area contributed by atoms with Crippen LogP contribution >= 0.6 is 0 Å². The lowest BCUT2D eigenvalue weighted by molar-refractivity contribution is -0.142. The van der Waals surface area contributed by atoms with Gasteiger partial charge in [-0.25, -0.2) is 19.6 Å². The van der Waals surface area contributed by atoms with E-state index in [1.54, 1.807) is 13.8 Å². The van der Waals surface area contributed by atoms with Crippen LogP contribution in [-0.2, 0) is 9.53 Å². The van der Waals surface area contributed by atoms with E-state index in [-0.39, 0.29) is 11.6 Å². The van der Waals surface area contributed by atoms with Crippen molar-refractivity contribution >= 4 is 17.8 Å². The van der Waals surface area contributed by atoms with Crippen molar-refractivity contribution in [1.29, 1.82) is 0 Å². The van der Waals surface area contributed by atoms with Crippen molar-refractivity contribution in [2.75, 3.05) is 12.4 Å². The van der Waals surface area contributed by atoms with Gasteiger partial charge in [0.05, 0.1) is 7.11 Å². The minimum absolute atomic E-state index is 0.112. The molecule has 2 N–H and O–H groups in total. The second-order valence-electron chi connectivity index (χ2n) is 3.98. The molecule has 1 aromatic rings. The van der Waals surface area contributed by atoms with Crippen LogP contribution in [0.25, 0.3) is 0 Å². The molecular formula is C12H17N3O4. The van der Waals surface area contributed by atoms with Gasteiger partial charge < -0.3 is 15.2 Å². The highest BCUT2D eigenvalue weighted by atomic mass is 16.5. The molecule has 1 rings (SSSR count). The highest BCUT2D eigenvalue weighted by Crippen LogP contribution is 2.21. The van der Waals surface area contributed by atoms with Crippen LogP contribution in [0.4, 0.5) is 5.82 Å². The third-order valence-corrected chi connectivity index (χ3v) is 3.01. The molecule has 0 saturated carbocycles. The number of hydrogen-bond donors (Lipinski definition) is 2. The molecule has 7 heteroatoms. The van der Waals surface area contributed by atoms with Gasteiger partial charge >= 0.3 is 11.9 Å². The van der Waals surface area contributed by atoms with E-state index >= 15 is 0 Å². The lowest BCUT2D eigenvalue weighted by Crippen LogP contribution is -2.45. The number of carbonyl (C=O) groups excluding carboxylic acids is 1. The molecule has 19 heavy (non-hydrogen) atoms. The molecule has 0 spiro atoms. The van der Waals surface area contributed by atoms with Crippen molar-refractivity contribution in [1.82, 2.24) is 9.97 Å². The summed E-state index contributed by atoms with van der Waals surface area (Å²) in [4.78, 5) is 30.4. The normalized spacial score (nSPS) is 10.9. The first-order chi connectivity index (χ1) is 8.99. The van der Waals surface area contributed by atoms with E-state index in [0.717, 1.165) is 0 Å². The summed E-state index contributed by atoms with van der Waals surface area (Å²) < 4.78 is 4.51. The highest BCUT2D eigenvalue weighted by molar-refractivity contribution is 5.86. The average molecular weight is 267 g/mol. The molecule has 1 heterocycles. The fourth-order valence-electron chi connectivity index (χ4n) is 1.65. The van der Waals surface area contributed by atoms with Gasteiger partial charge in [-0.2, -0.15) is 0 Å². The number of methoxy groups -OCH3 is 1. The van der Waals surface area contributed by atoms with Crippen molar-refractivity contribution in [2.24, 2.45) is 0 Å². The molecule has 0 aliphatic rings. The molecule has 1 aromatic heterocycles. The van der Waals surface area contributed by atoms with E-state index < -0.39 is 17.5 Å². The van der Waals surface area contributed by atoms with Gasteiger partial charge in [-0.3, -0.25) is 0 Å². The molecule has 0 saturated heterocycles. The molecule has 0 aromatic carbocycles. The molecule has 0 unspecified atom stereocenters. The van der Waals surface area contributed by atoms with Crippen molar-refractivity contribution in [3.63, 3.8) is 0 Å². The summed E-state index contributed by atoms with van der Waals surface area (Å²) in [5.74, 6) is -1.46. The van der Waals surface area contributed by atoms with Crippen LogP contribution < -0.4 is 5.32 Å². The zero-order valence-electron chi connectivity index (χ0n) is 11.1. The monoisotopic (exact) mass is 267 g/mol. The number of carboxylic acid groups (broad SMARTS) is 1. The molecule has 7 nitrogen and oxygen atoms in total. The largest absolute Gasteiger partial charge is 0.480 e. The number of aromatic nitrogens is 2. The lowest BCUT2D eigenvalue weighted by Gasteiger charge is -2.28. The van der Waals surface area contributed by atoms with E-state index in [0.29, 0.717) is 12.8 Å². The van der Waals surface area contributed by atoms with E-state index in [9.17, 15) is 14.7 Å². The second-order valence-corrected chi connectivity index (χ2v) is 3.98. The third-order valence-electron chi connectivity index (χ3n) is 3.01. The topological polar surface area (TPSA) is 101 Å². The molecule has 0 aliphatic carbocycles. The van der Waals surface area contributed by atoms with Crippen molar-refractivity contribution < 1.29 is 19.4 Å². The Morgan fingerprint density at radius 1 is 1.42 bits per heavy atom. The van der Waals surface area contributed by atoms with Gasteiger partial charge in [0, 0.05) is 6.20 Å². The van der Waals surface area contributed by atoms with Crippen molar-refractivity contribution in [2.45, 2.75) is 32.2 Å². The maximum atomic E-state index is 11.4. The van der Waals surface area contributed by atoms with Gasteiger partial charge in [0.1, 0.15) is 11.4 Å². The van der Waals surface area contributed by atoms with Gasteiger partial charge in [0.25, 0.3) is 0 Å². The van der Waals surface area contributed by atoms with Gasteiger partial charge in [-0.15, -0.1) is 0 Å². The number of carboxylic acids is 1. The van der Waals surface area contributed by atoms with Gasteiger partial charge in [0.2, 0.25) is 5.82 Å². The first-order valence-corrected chi connectivity index (χ1v) is 5.92. The molecule has 104 valence electrons. The van der Waals surface area contributed by atoms with Crippen LogP contribution in [0.2, 0.25) is 0 Å². The van der Waals surface area contributed by atoms with Crippen LogP contribution in [0.5, 0.6) is 0 Å². The van der Waals surface area contributed by atoms with Gasteiger partial charge in [-0.1, -0.05) is 13.8 Å². The van der Waals surface area contributed by atoms with Crippen LogP contribution in [0.3, 0.4) is 0 Å². The SMILES string of the molecule is CCC(CC)(Nc1ccnc(C(=O)OC)n1)C(=O)O. The summed E-state index contributed by atoms with van der Waals surface area (Å²) in [6.07, 6.45) is 2.15. The number of carbonyl (C=O) groups is 2. The summed E-state index contributed by atoms with van der Waals surface area (Å²) in [7, 11) is 1.23. The zero-order valence-corrected chi connectivity index (χ0v) is 11.1. The quantitative estimate of drug-likeness (QED) is 0.749. The first-order valence-electron chi connectivity index (χ1n) is 5.92. The third kappa shape index (κ3) is 3.18. The predicted octanol–water partition coefficient (Wildman–Crippen LogP) is 1.32. The summed E-state index contributed by atoms with van der Waals surface area (Å²) >= 11 is 0. The summed E-state index contributed by atoms with van der Waals surface area (Å²) in [5.41, 5.74) is -1.11.